The van der Waals surface area contributed by atoms with Crippen LogP contribution in [0, 0.1) is 0 Å². The van der Waals surface area contributed by atoms with E-state index in [-0.39, 0.29) is 23.4 Å². The molecular formula is C9H13NO5. The van der Waals surface area contributed by atoms with Gasteiger partial charge in [-0.25, -0.2) is 0 Å². The van der Waals surface area contributed by atoms with E-state index in [1.54, 1.807) is 0 Å². The molecule has 0 bridgehead atoms. The van der Waals surface area contributed by atoms with Crippen LogP contribution in [0.1, 0.15) is 5.56 Å². The largest absolute Gasteiger partial charge is 0.508 e. The van der Waals surface area contributed by atoms with Crippen LogP contribution in [0.4, 0.5) is 0 Å². The van der Waals surface area contributed by atoms with Crippen LogP contribution < -0.4 is 5.73 Å². The Morgan fingerprint density at radius 2 is 2.00 bits per heavy atom. The summed E-state index contributed by atoms with van der Waals surface area (Å²) in [6.07, 6.45) is -0.0183. The molecule has 1 unspecified atom stereocenters. The molecule has 0 saturated heterocycles. The van der Waals surface area contributed by atoms with Gasteiger partial charge in [-0.15, -0.1) is 0 Å². The summed E-state index contributed by atoms with van der Waals surface area (Å²) in [6.45, 7) is 0. The number of carboxylic acid groups (broad SMARTS) is 1. The molecule has 1 rings (SSSR count). The van der Waals surface area contributed by atoms with E-state index in [4.69, 9.17) is 15.9 Å². The number of aromatic hydroxyl groups is 2. The fourth-order valence-electron chi connectivity index (χ4n) is 1.06. The summed E-state index contributed by atoms with van der Waals surface area (Å²) in [7, 11) is 0. The molecule has 0 aromatic heterocycles. The second-order valence-electron chi connectivity index (χ2n) is 2.96. The molecule has 0 radical (unpaired) electrons. The average molecular weight is 215 g/mol. The van der Waals surface area contributed by atoms with Gasteiger partial charge in [0, 0.05) is 6.42 Å². The summed E-state index contributed by atoms with van der Waals surface area (Å²) in [4.78, 5) is 10.4. The number of hydrogen-bond acceptors (Lipinski definition) is 4. The molecule has 0 aliphatic heterocycles. The summed E-state index contributed by atoms with van der Waals surface area (Å²) >= 11 is 0. The number of carbonyl (C=O) groups is 1. The van der Waals surface area contributed by atoms with Gasteiger partial charge >= 0.3 is 5.97 Å². The van der Waals surface area contributed by atoms with Crippen molar-refractivity contribution in [1.29, 1.82) is 0 Å². The maximum atomic E-state index is 10.4. The highest BCUT2D eigenvalue weighted by Crippen LogP contribution is 2.22. The highest BCUT2D eigenvalue weighted by atomic mass is 16.4. The second kappa shape index (κ2) is 5.18. The first-order valence-corrected chi connectivity index (χ1v) is 4.00. The first kappa shape index (κ1) is 13.2. The molecule has 0 saturated carbocycles. The van der Waals surface area contributed by atoms with Crippen molar-refractivity contribution >= 4 is 5.97 Å². The van der Waals surface area contributed by atoms with Crippen LogP contribution in [0.2, 0.25) is 0 Å². The zero-order valence-electron chi connectivity index (χ0n) is 7.84. The molecule has 0 aliphatic rings. The van der Waals surface area contributed by atoms with Gasteiger partial charge in [-0.2, -0.15) is 0 Å². The van der Waals surface area contributed by atoms with Crippen LogP contribution in [-0.2, 0) is 11.2 Å². The van der Waals surface area contributed by atoms with Gasteiger partial charge in [-0.1, -0.05) is 0 Å². The zero-order valence-corrected chi connectivity index (χ0v) is 7.84. The van der Waals surface area contributed by atoms with E-state index in [1.165, 1.54) is 18.2 Å². The number of nitrogens with two attached hydrogens (primary N) is 1. The van der Waals surface area contributed by atoms with Crippen LogP contribution in [0.3, 0.4) is 0 Å². The summed E-state index contributed by atoms with van der Waals surface area (Å²) in [5, 5.41) is 26.9. The first-order valence-electron chi connectivity index (χ1n) is 4.00. The quantitative estimate of drug-likeness (QED) is 0.491. The second-order valence-corrected chi connectivity index (χ2v) is 2.96. The van der Waals surface area contributed by atoms with E-state index in [0.29, 0.717) is 5.56 Å². The monoisotopic (exact) mass is 215 g/mol. The number of rotatable bonds is 3. The third kappa shape index (κ3) is 3.45. The number of phenolic OH excluding ortho intramolecular Hbond substituents is 2. The van der Waals surface area contributed by atoms with Gasteiger partial charge in [0.2, 0.25) is 0 Å². The molecule has 7 N–H and O–H groups in total. The normalized spacial score (nSPS) is 11.5. The lowest BCUT2D eigenvalue weighted by Crippen LogP contribution is -2.32. The van der Waals surface area contributed by atoms with Gasteiger partial charge in [-0.3, -0.25) is 4.79 Å². The minimum atomic E-state index is -1.15. The smallest absolute Gasteiger partial charge is 0.320 e. The van der Waals surface area contributed by atoms with Crippen LogP contribution in [0.15, 0.2) is 18.2 Å². The first-order chi connectivity index (χ1) is 6.50. The standard InChI is InChI=1S/C9H11NO4.H2O/c10-7(9(13)14)4-5-3-6(11)1-2-8(5)12;/h1-3,7,11-12H,4,10H2,(H,13,14);1H2. The highest BCUT2D eigenvalue weighted by Gasteiger charge is 2.14. The third-order valence-electron chi connectivity index (χ3n) is 1.82. The van der Waals surface area contributed by atoms with E-state index in [1.807, 2.05) is 0 Å². The number of aliphatic carboxylic acids is 1. The van der Waals surface area contributed by atoms with E-state index in [9.17, 15) is 9.90 Å². The Hall–Kier alpha value is -1.79. The highest BCUT2D eigenvalue weighted by molar-refractivity contribution is 5.73. The van der Waals surface area contributed by atoms with Crippen LogP contribution in [0.25, 0.3) is 0 Å². The van der Waals surface area contributed by atoms with Gasteiger partial charge in [0.1, 0.15) is 17.5 Å². The van der Waals surface area contributed by atoms with Crippen molar-refractivity contribution in [2.45, 2.75) is 12.5 Å². The van der Waals surface area contributed by atoms with Crippen molar-refractivity contribution < 1.29 is 25.6 Å². The van der Waals surface area contributed by atoms with Crippen molar-refractivity contribution in [3.8, 4) is 11.5 Å². The number of carboxylic acids is 1. The van der Waals surface area contributed by atoms with E-state index >= 15 is 0 Å². The molecule has 15 heavy (non-hydrogen) atoms. The van der Waals surface area contributed by atoms with Crippen LogP contribution >= 0.6 is 0 Å². The molecule has 0 aliphatic carbocycles. The predicted octanol–water partition coefficient (Wildman–Crippen LogP) is -0.773. The van der Waals surface area contributed by atoms with Crippen molar-refractivity contribution in [2.24, 2.45) is 5.73 Å². The lowest BCUT2D eigenvalue weighted by Gasteiger charge is -2.08. The Morgan fingerprint density at radius 1 is 1.40 bits per heavy atom. The fraction of sp³-hybridized carbons (Fsp3) is 0.222. The predicted molar refractivity (Wildman–Crippen MR) is 52.7 cm³/mol. The molecule has 6 nitrogen and oxygen atoms in total. The molecule has 0 spiro atoms. The average Bonchev–Trinajstić information content (AvgIpc) is 2.11. The zero-order chi connectivity index (χ0) is 10.7. The minimum absolute atomic E-state index is 0. The minimum Gasteiger partial charge on any atom is -0.508 e. The Labute approximate surface area is 85.9 Å². The Bertz CT molecular complexity index is 352. The third-order valence-corrected chi connectivity index (χ3v) is 1.82. The van der Waals surface area contributed by atoms with Gasteiger partial charge in [-0.05, 0) is 23.8 Å². The molecule has 0 heterocycles. The molecule has 0 amide bonds. The van der Waals surface area contributed by atoms with E-state index in [2.05, 4.69) is 0 Å². The summed E-state index contributed by atoms with van der Waals surface area (Å²) in [5.74, 6) is -1.25. The van der Waals surface area contributed by atoms with Crippen molar-refractivity contribution in [2.75, 3.05) is 0 Å². The molecular weight excluding hydrogens is 202 g/mol. The Balaban J connectivity index is 0.00000196. The van der Waals surface area contributed by atoms with Gasteiger partial charge in [0.15, 0.2) is 0 Å². The lowest BCUT2D eigenvalue weighted by atomic mass is 10.1. The number of hydrogen-bond donors (Lipinski definition) is 4. The topological polar surface area (TPSA) is 135 Å². The van der Waals surface area contributed by atoms with E-state index in [0.717, 1.165) is 0 Å². The molecule has 6 heteroatoms. The molecule has 1 atom stereocenters. The lowest BCUT2D eigenvalue weighted by molar-refractivity contribution is -0.138. The van der Waals surface area contributed by atoms with Crippen molar-refractivity contribution in [1.82, 2.24) is 0 Å². The SMILES string of the molecule is NC(Cc1cc(O)ccc1O)C(=O)O.O. The summed E-state index contributed by atoms with van der Waals surface area (Å²) in [6, 6.07) is 2.81. The van der Waals surface area contributed by atoms with E-state index < -0.39 is 12.0 Å². The summed E-state index contributed by atoms with van der Waals surface area (Å²) < 4.78 is 0. The Kier molecular flexibility index (Phi) is 4.56. The van der Waals surface area contributed by atoms with Crippen molar-refractivity contribution in [3.05, 3.63) is 23.8 Å². The number of phenols is 2. The molecule has 84 valence electrons. The fourth-order valence-corrected chi connectivity index (χ4v) is 1.06. The van der Waals surface area contributed by atoms with Crippen LogP contribution in [-0.4, -0.2) is 32.8 Å². The van der Waals surface area contributed by atoms with Crippen molar-refractivity contribution in [3.63, 3.8) is 0 Å². The van der Waals surface area contributed by atoms with Crippen LogP contribution in [0.5, 0.6) is 11.5 Å². The Morgan fingerprint density at radius 3 is 2.53 bits per heavy atom. The molecule has 0 fully saturated rings. The van der Waals surface area contributed by atoms with Gasteiger partial charge < -0.3 is 26.5 Å². The molecule has 1 aromatic carbocycles. The maximum absolute atomic E-state index is 10.4. The van der Waals surface area contributed by atoms with Gasteiger partial charge in [0.25, 0.3) is 0 Å². The number of benzene rings is 1. The molecule has 1 aromatic rings. The summed E-state index contributed by atoms with van der Waals surface area (Å²) in [5.41, 5.74) is 5.59. The maximum Gasteiger partial charge on any atom is 0.320 e. The van der Waals surface area contributed by atoms with Gasteiger partial charge in [0.05, 0.1) is 0 Å².